The minimum Gasteiger partial charge on any atom is -0.508 e. The van der Waals surface area contributed by atoms with Crippen molar-refractivity contribution >= 4 is 17.7 Å². The van der Waals surface area contributed by atoms with Crippen LogP contribution >= 0.6 is 11.8 Å². The summed E-state index contributed by atoms with van der Waals surface area (Å²) in [6.07, 6.45) is 2.35. The molecule has 6 nitrogen and oxygen atoms in total. The number of rotatable bonds is 6. The van der Waals surface area contributed by atoms with Crippen molar-refractivity contribution in [2.45, 2.75) is 23.5 Å². The molecule has 4 N–H and O–H groups in total. The third kappa shape index (κ3) is 4.25. The van der Waals surface area contributed by atoms with E-state index in [2.05, 4.69) is 21.2 Å². The lowest BCUT2D eigenvalue weighted by molar-refractivity contribution is -0.122. The number of aromatic hydroxyl groups is 1. The fraction of sp³-hybridized carbons (Fsp3) is 0.294. The van der Waals surface area contributed by atoms with Gasteiger partial charge in [0.2, 0.25) is 5.91 Å². The zero-order valence-corrected chi connectivity index (χ0v) is 13.9. The summed E-state index contributed by atoms with van der Waals surface area (Å²) < 4.78 is 0. The van der Waals surface area contributed by atoms with Gasteiger partial charge in [-0.2, -0.15) is 0 Å². The van der Waals surface area contributed by atoms with E-state index in [1.54, 1.807) is 30.1 Å². The maximum atomic E-state index is 12.2. The van der Waals surface area contributed by atoms with Crippen molar-refractivity contribution in [1.29, 1.82) is 0 Å². The first kappa shape index (κ1) is 16.8. The van der Waals surface area contributed by atoms with Gasteiger partial charge in [-0.1, -0.05) is 24.3 Å². The van der Waals surface area contributed by atoms with E-state index >= 15 is 0 Å². The second-order valence-corrected chi connectivity index (χ2v) is 6.61. The predicted octanol–water partition coefficient (Wildman–Crippen LogP) is 1.60. The molecule has 0 aliphatic carbocycles. The smallest absolute Gasteiger partial charge is 0.238 e. The normalized spacial score (nSPS) is 20.0. The monoisotopic (exact) mass is 344 g/mol. The molecule has 1 aromatic carbocycles. The fourth-order valence-electron chi connectivity index (χ4n) is 2.60. The number of amides is 1. The Morgan fingerprint density at radius 1 is 1.25 bits per heavy atom. The number of nitrogens with zero attached hydrogens (tertiary/aromatic N) is 1. The fourth-order valence-corrected chi connectivity index (χ4v) is 3.32. The minimum absolute atomic E-state index is 0.0398. The van der Waals surface area contributed by atoms with Gasteiger partial charge in [-0.05, 0) is 24.6 Å². The number of carbonyl (C=O) groups is 1. The molecule has 1 fully saturated rings. The Morgan fingerprint density at radius 3 is 2.88 bits per heavy atom. The van der Waals surface area contributed by atoms with E-state index in [0.29, 0.717) is 13.0 Å². The lowest BCUT2D eigenvalue weighted by Crippen LogP contribution is -2.43. The second-order valence-electron chi connectivity index (χ2n) is 5.50. The number of para-hydroxylation sites is 1. The summed E-state index contributed by atoms with van der Waals surface area (Å²) in [5, 5.41) is 13.8. The molecular weight excluding hydrogens is 324 g/mol. The van der Waals surface area contributed by atoms with Gasteiger partial charge < -0.3 is 10.4 Å². The molecule has 1 aromatic heterocycles. The summed E-state index contributed by atoms with van der Waals surface area (Å²) in [5.74, 6) is 0.970. The first-order chi connectivity index (χ1) is 11.7. The van der Waals surface area contributed by atoms with E-state index in [1.807, 2.05) is 30.3 Å². The van der Waals surface area contributed by atoms with Gasteiger partial charge in [-0.25, -0.2) is 15.8 Å². The van der Waals surface area contributed by atoms with Crippen molar-refractivity contribution in [1.82, 2.24) is 21.2 Å². The molecule has 2 heterocycles. The van der Waals surface area contributed by atoms with Crippen LogP contribution in [-0.2, 0) is 4.79 Å². The summed E-state index contributed by atoms with van der Waals surface area (Å²) in [6, 6.07) is 12.6. The third-order valence-corrected chi connectivity index (χ3v) is 4.77. The van der Waals surface area contributed by atoms with Gasteiger partial charge in [0.15, 0.2) is 0 Å². The van der Waals surface area contributed by atoms with Crippen LogP contribution in [0, 0.1) is 0 Å². The molecule has 0 radical (unpaired) electrons. The summed E-state index contributed by atoms with van der Waals surface area (Å²) in [5.41, 5.74) is 6.87. The molecule has 1 aliphatic rings. The van der Waals surface area contributed by atoms with Crippen LogP contribution < -0.4 is 16.2 Å². The lowest BCUT2D eigenvalue weighted by atomic mass is 10.0. The van der Waals surface area contributed by atoms with Gasteiger partial charge in [-0.15, -0.1) is 11.8 Å². The van der Waals surface area contributed by atoms with Crippen LogP contribution in [0.1, 0.15) is 18.0 Å². The largest absolute Gasteiger partial charge is 0.508 e. The lowest BCUT2D eigenvalue weighted by Gasteiger charge is -2.11. The third-order valence-electron chi connectivity index (χ3n) is 3.82. The van der Waals surface area contributed by atoms with Crippen LogP contribution in [0.15, 0.2) is 53.7 Å². The van der Waals surface area contributed by atoms with Gasteiger partial charge in [0.05, 0.1) is 11.1 Å². The summed E-state index contributed by atoms with van der Waals surface area (Å²) in [6.45, 7) is 0.583. The van der Waals surface area contributed by atoms with Crippen LogP contribution in [-0.4, -0.2) is 34.3 Å². The van der Waals surface area contributed by atoms with Crippen molar-refractivity contribution in [2.75, 3.05) is 12.3 Å². The molecule has 7 heteroatoms. The summed E-state index contributed by atoms with van der Waals surface area (Å²) in [4.78, 5) is 16.4. The highest BCUT2D eigenvalue weighted by Crippen LogP contribution is 2.29. The maximum absolute atomic E-state index is 12.2. The first-order valence-corrected chi connectivity index (χ1v) is 8.83. The average Bonchev–Trinajstić information content (AvgIpc) is 3.10. The van der Waals surface area contributed by atoms with Crippen LogP contribution in [0.2, 0.25) is 0 Å². The molecule has 2 unspecified atom stereocenters. The molecule has 0 saturated carbocycles. The van der Waals surface area contributed by atoms with Crippen molar-refractivity contribution in [3.05, 3.63) is 54.2 Å². The topological polar surface area (TPSA) is 86.3 Å². The number of phenolic OH excluding ortho intramolecular Hbond substituents is 1. The Balaban J connectivity index is 1.43. The van der Waals surface area contributed by atoms with E-state index in [4.69, 9.17) is 0 Å². The number of pyridine rings is 1. The molecule has 1 saturated heterocycles. The van der Waals surface area contributed by atoms with Gasteiger partial charge in [0.25, 0.3) is 0 Å². The highest BCUT2D eigenvalue weighted by molar-refractivity contribution is 7.99. The first-order valence-electron chi connectivity index (χ1n) is 7.84. The molecular formula is C17H20N4O2S. The number of thioether (sulfide) groups is 1. The number of aromatic nitrogens is 1. The second kappa shape index (κ2) is 8.14. The molecule has 0 bridgehead atoms. The van der Waals surface area contributed by atoms with Crippen LogP contribution in [0.3, 0.4) is 0 Å². The SMILES string of the molecule is O=C(NCCSc1ccccn1)C1CC(c2ccccc2O)NN1. The number of benzene rings is 1. The number of nitrogens with one attached hydrogen (secondary N) is 3. The number of hydrogen-bond acceptors (Lipinski definition) is 6. The molecule has 2 atom stereocenters. The Kier molecular flexibility index (Phi) is 5.68. The van der Waals surface area contributed by atoms with Crippen LogP contribution in [0.5, 0.6) is 5.75 Å². The number of hydrazine groups is 1. The number of phenols is 1. The number of hydrogen-bond donors (Lipinski definition) is 4. The summed E-state index contributed by atoms with van der Waals surface area (Å²) in [7, 11) is 0. The van der Waals surface area contributed by atoms with E-state index in [-0.39, 0.29) is 23.7 Å². The van der Waals surface area contributed by atoms with E-state index < -0.39 is 0 Å². The Bertz CT molecular complexity index is 683. The van der Waals surface area contributed by atoms with Crippen molar-refractivity contribution in [3.8, 4) is 5.75 Å². The molecule has 2 aromatic rings. The van der Waals surface area contributed by atoms with Gasteiger partial charge in [0.1, 0.15) is 11.8 Å². The average molecular weight is 344 g/mol. The van der Waals surface area contributed by atoms with Crippen molar-refractivity contribution in [2.24, 2.45) is 0 Å². The van der Waals surface area contributed by atoms with Crippen molar-refractivity contribution < 1.29 is 9.90 Å². The zero-order chi connectivity index (χ0) is 16.8. The van der Waals surface area contributed by atoms with E-state index in [1.165, 1.54) is 0 Å². The molecule has 3 rings (SSSR count). The Morgan fingerprint density at radius 2 is 2.08 bits per heavy atom. The van der Waals surface area contributed by atoms with E-state index in [9.17, 15) is 9.90 Å². The van der Waals surface area contributed by atoms with Crippen molar-refractivity contribution in [3.63, 3.8) is 0 Å². The molecule has 1 aliphatic heterocycles. The molecule has 24 heavy (non-hydrogen) atoms. The highest BCUT2D eigenvalue weighted by atomic mass is 32.2. The van der Waals surface area contributed by atoms with E-state index in [0.717, 1.165) is 16.3 Å². The Hall–Kier alpha value is -2.09. The van der Waals surface area contributed by atoms with Crippen LogP contribution in [0.25, 0.3) is 0 Å². The molecule has 126 valence electrons. The van der Waals surface area contributed by atoms with Gasteiger partial charge >= 0.3 is 0 Å². The zero-order valence-electron chi connectivity index (χ0n) is 13.1. The summed E-state index contributed by atoms with van der Waals surface area (Å²) >= 11 is 1.61. The quantitative estimate of drug-likeness (QED) is 0.470. The number of carbonyl (C=O) groups excluding carboxylic acids is 1. The Labute approximate surface area is 145 Å². The maximum Gasteiger partial charge on any atom is 0.238 e. The molecule has 1 amide bonds. The van der Waals surface area contributed by atoms with Crippen LogP contribution in [0.4, 0.5) is 0 Å². The van der Waals surface area contributed by atoms with Gasteiger partial charge in [-0.3, -0.25) is 4.79 Å². The molecule has 0 spiro atoms. The van der Waals surface area contributed by atoms with Gasteiger partial charge in [0, 0.05) is 24.1 Å². The predicted molar refractivity (Wildman–Crippen MR) is 93.5 cm³/mol. The standard InChI is InChI=1S/C17H20N4O2S/c22-15-6-2-1-5-12(15)13-11-14(21-20-13)17(23)19-9-10-24-16-7-3-4-8-18-16/h1-8,13-14,20-22H,9-11H2,(H,19,23). The highest BCUT2D eigenvalue weighted by Gasteiger charge is 2.30. The minimum atomic E-state index is -0.311.